The summed E-state index contributed by atoms with van der Waals surface area (Å²) in [6, 6.07) is 14.2. The highest BCUT2D eigenvalue weighted by molar-refractivity contribution is 9.09. The van der Waals surface area contributed by atoms with Crippen LogP contribution >= 0.6 is 27.5 Å². The maximum Gasteiger partial charge on any atom is 0.242 e. The first-order chi connectivity index (χ1) is 10.3. The highest BCUT2D eigenvalue weighted by Gasteiger charge is 2.24. The Kier molecular flexibility index (Phi) is 5.66. The molecule has 3 nitrogen and oxygen atoms in total. The third kappa shape index (κ3) is 3.90. The first kappa shape index (κ1) is 17.5. The standard InChI is InChI=1S/C16H17BrClNO2S/c1-12-7-9-13(10-8-12)22(20,21)19(2)11-15(17)14-5-3-4-6-16(14)18/h3-10,15H,11H2,1-2H3. The Labute approximate surface area is 145 Å². The van der Waals surface area contributed by atoms with Gasteiger partial charge >= 0.3 is 0 Å². The largest absolute Gasteiger partial charge is 0.242 e. The first-order valence-electron chi connectivity index (χ1n) is 6.74. The van der Waals surface area contributed by atoms with Crippen LogP contribution in [0.2, 0.25) is 5.02 Å². The molecule has 118 valence electrons. The van der Waals surface area contributed by atoms with Crippen molar-refractivity contribution in [3.63, 3.8) is 0 Å². The molecular formula is C16H17BrClNO2S. The van der Waals surface area contributed by atoms with Gasteiger partial charge in [0.05, 0.1) is 9.72 Å². The molecule has 0 saturated heterocycles. The molecule has 0 amide bonds. The van der Waals surface area contributed by atoms with Crippen molar-refractivity contribution in [2.75, 3.05) is 13.6 Å². The van der Waals surface area contributed by atoms with Gasteiger partial charge in [-0.15, -0.1) is 0 Å². The fraction of sp³-hybridized carbons (Fsp3) is 0.250. The van der Waals surface area contributed by atoms with Gasteiger partial charge in [0.15, 0.2) is 0 Å². The van der Waals surface area contributed by atoms with E-state index >= 15 is 0 Å². The number of sulfonamides is 1. The van der Waals surface area contributed by atoms with E-state index in [1.165, 1.54) is 4.31 Å². The number of hydrogen-bond acceptors (Lipinski definition) is 2. The van der Waals surface area contributed by atoms with E-state index in [4.69, 9.17) is 11.6 Å². The summed E-state index contributed by atoms with van der Waals surface area (Å²) in [6.07, 6.45) is 0. The lowest BCUT2D eigenvalue weighted by Gasteiger charge is -2.21. The Balaban J connectivity index is 2.19. The van der Waals surface area contributed by atoms with Crippen LogP contribution in [0.25, 0.3) is 0 Å². The van der Waals surface area contributed by atoms with Crippen molar-refractivity contribution in [3.05, 3.63) is 64.7 Å². The van der Waals surface area contributed by atoms with Crippen LogP contribution < -0.4 is 0 Å². The van der Waals surface area contributed by atoms with Crippen molar-refractivity contribution in [1.82, 2.24) is 4.31 Å². The van der Waals surface area contributed by atoms with Crippen molar-refractivity contribution >= 4 is 37.6 Å². The molecular weight excluding hydrogens is 386 g/mol. The van der Waals surface area contributed by atoms with Crippen LogP contribution in [0.15, 0.2) is 53.4 Å². The molecule has 2 rings (SSSR count). The number of aryl methyl sites for hydroxylation is 1. The van der Waals surface area contributed by atoms with Gasteiger partial charge < -0.3 is 0 Å². The van der Waals surface area contributed by atoms with E-state index in [0.717, 1.165) is 11.1 Å². The molecule has 0 heterocycles. The quantitative estimate of drug-likeness (QED) is 0.695. The van der Waals surface area contributed by atoms with E-state index in [2.05, 4.69) is 15.9 Å². The van der Waals surface area contributed by atoms with E-state index in [1.807, 2.05) is 25.1 Å². The molecule has 0 radical (unpaired) electrons. The third-order valence-corrected chi connectivity index (χ3v) is 6.35. The zero-order valence-corrected chi connectivity index (χ0v) is 15.5. The molecule has 2 aromatic carbocycles. The van der Waals surface area contributed by atoms with Crippen molar-refractivity contribution in [2.24, 2.45) is 0 Å². The van der Waals surface area contributed by atoms with Gasteiger partial charge in [-0.3, -0.25) is 0 Å². The molecule has 2 aromatic rings. The van der Waals surface area contributed by atoms with E-state index < -0.39 is 10.0 Å². The minimum atomic E-state index is -3.51. The fourth-order valence-electron chi connectivity index (χ4n) is 2.04. The van der Waals surface area contributed by atoms with Crippen LogP contribution in [0, 0.1) is 6.92 Å². The Bertz CT molecular complexity index is 747. The predicted molar refractivity (Wildman–Crippen MR) is 94.1 cm³/mol. The molecule has 0 bridgehead atoms. The lowest BCUT2D eigenvalue weighted by molar-refractivity contribution is 0.471. The van der Waals surface area contributed by atoms with Crippen LogP contribution in [-0.4, -0.2) is 26.3 Å². The second-order valence-corrected chi connectivity index (χ2v) is 8.65. The van der Waals surface area contributed by atoms with Gasteiger partial charge in [-0.25, -0.2) is 8.42 Å². The molecule has 0 N–H and O–H groups in total. The van der Waals surface area contributed by atoms with E-state index in [-0.39, 0.29) is 4.83 Å². The predicted octanol–water partition coefficient (Wildman–Crippen LogP) is 4.41. The monoisotopic (exact) mass is 401 g/mol. The summed E-state index contributed by atoms with van der Waals surface area (Å²) in [5.41, 5.74) is 1.89. The van der Waals surface area contributed by atoms with Crippen LogP contribution in [0.5, 0.6) is 0 Å². The average Bonchev–Trinajstić information content (AvgIpc) is 2.48. The zero-order valence-electron chi connectivity index (χ0n) is 12.3. The highest BCUT2D eigenvalue weighted by Crippen LogP contribution is 2.30. The number of rotatable bonds is 5. The lowest BCUT2D eigenvalue weighted by Crippen LogP contribution is -2.30. The third-order valence-electron chi connectivity index (χ3n) is 3.39. The van der Waals surface area contributed by atoms with Crippen LogP contribution in [-0.2, 0) is 10.0 Å². The SMILES string of the molecule is Cc1ccc(S(=O)(=O)N(C)CC(Br)c2ccccc2Cl)cc1. The summed E-state index contributed by atoms with van der Waals surface area (Å²) in [4.78, 5) is 0.117. The van der Waals surface area contributed by atoms with Crippen molar-refractivity contribution in [3.8, 4) is 0 Å². The zero-order chi connectivity index (χ0) is 16.3. The van der Waals surface area contributed by atoms with Gasteiger partial charge in [0.25, 0.3) is 0 Å². The number of benzene rings is 2. The Morgan fingerprint density at radius 2 is 1.73 bits per heavy atom. The topological polar surface area (TPSA) is 37.4 Å². The molecule has 1 atom stereocenters. The number of nitrogens with zero attached hydrogens (tertiary/aromatic N) is 1. The number of hydrogen-bond donors (Lipinski definition) is 0. The molecule has 0 aliphatic carbocycles. The number of halogens is 2. The maximum absolute atomic E-state index is 12.6. The van der Waals surface area contributed by atoms with Gasteiger partial charge in [-0.1, -0.05) is 63.4 Å². The number of likely N-dealkylation sites (N-methyl/N-ethyl adjacent to an activating group) is 1. The Hall–Kier alpha value is -0.880. The van der Waals surface area contributed by atoms with Crippen LogP contribution in [0.1, 0.15) is 16.0 Å². The van der Waals surface area contributed by atoms with Crippen LogP contribution in [0.3, 0.4) is 0 Å². The van der Waals surface area contributed by atoms with Gasteiger partial charge in [0.2, 0.25) is 10.0 Å². The highest BCUT2D eigenvalue weighted by atomic mass is 79.9. The van der Waals surface area contributed by atoms with Crippen LogP contribution in [0.4, 0.5) is 0 Å². The summed E-state index contributed by atoms with van der Waals surface area (Å²) in [5.74, 6) is 0. The molecule has 6 heteroatoms. The van der Waals surface area contributed by atoms with E-state index in [9.17, 15) is 8.42 Å². The maximum atomic E-state index is 12.6. The Morgan fingerprint density at radius 3 is 2.32 bits per heavy atom. The van der Waals surface area contributed by atoms with E-state index in [0.29, 0.717) is 16.5 Å². The van der Waals surface area contributed by atoms with Gasteiger partial charge in [0.1, 0.15) is 0 Å². The molecule has 0 saturated carbocycles. The molecule has 22 heavy (non-hydrogen) atoms. The van der Waals surface area contributed by atoms with Crippen molar-refractivity contribution < 1.29 is 8.42 Å². The van der Waals surface area contributed by atoms with Gasteiger partial charge in [0, 0.05) is 18.6 Å². The van der Waals surface area contributed by atoms with Gasteiger partial charge in [-0.05, 0) is 30.7 Å². The second-order valence-electron chi connectivity index (χ2n) is 5.09. The molecule has 0 aliphatic rings. The fourth-order valence-corrected chi connectivity index (χ4v) is 4.65. The normalized spacial score (nSPS) is 13.3. The molecule has 0 fully saturated rings. The summed E-state index contributed by atoms with van der Waals surface area (Å²) in [5, 5.41) is 0.616. The molecule has 0 spiro atoms. The lowest BCUT2D eigenvalue weighted by atomic mass is 10.1. The van der Waals surface area contributed by atoms with Gasteiger partial charge in [-0.2, -0.15) is 4.31 Å². The van der Waals surface area contributed by atoms with Crippen molar-refractivity contribution in [2.45, 2.75) is 16.6 Å². The Morgan fingerprint density at radius 1 is 1.14 bits per heavy atom. The summed E-state index contributed by atoms with van der Waals surface area (Å²) in [6.45, 7) is 2.21. The number of alkyl halides is 1. The smallest absolute Gasteiger partial charge is 0.207 e. The summed E-state index contributed by atoms with van der Waals surface area (Å²) < 4.78 is 26.5. The second kappa shape index (κ2) is 7.13. The van der Waals surface area contributed by atoms with Crippen molar-refractivity contribution in [1.29, 1.82) is 0 Å². The average molecular weight is 403 g/mol. The summed E-state index contributed by atoms with van der Waals surface area (Å²) in [7, 11) is -1.94. The molecule has 1 unspecified atom stereocenters. The minimum Gasteiger partial charge on any atom is -0.207 e. The first-order valence-corrected chi connectivity index (χ1v) is 9.47. The molecule has 0 aromatic heterocycles. The van der Waals surface area contributed by atoms with E-state index in [1.54, 1.807) is 37.4 Å². The minimum absolute atomic E-state index is 0.175. The molecule has 0 aliphatic heterocycles. The summed E-state index contributed by atoms with van der Waals surface area (Å²) >= 11 is 9.68.